The van der Waals surface area contributed by atoms with Gasteiger partial charge in [-0.2, -0.15) is 4.37 Å². The number of nitrogens with zero attached hydrogens (tertiary/aromatic N) is 2. The highest BCUT2D eigenvalue weighted by Crippen LogP contribution is 2.43. The number of hydrogen-bond donors (Lipinski definition) is 0. The average Bonchev–Trinajstić information content (AvgIpc) is 3.28. The topological polar surface area (TPSA) is 53.5 Å². The van der Waals surface area contributed by atoms with Crippen LogP contribution in [0, 0.1) is 0 Å². The van der Waals surface area contributed by atoms with E-state index in [2.05, 4.69) is 45.1 Å². The van der Waals surface area contributed by atoms with Crippen molar-refractivity contribution in [3.63, 3.8) is 0 Å². The maximum absolute atomic E-state index is 5.49. The van der Waals surface area contributed by atoms with Gasteiger partial charge in [0.05, 0.1) is 27.0 Å². The van der Waals surface area contributed by atoms with Gasteiger partial charge in [-0.25, -0.2) is 0 Å². The summed E-state index contributed by atoms with van der Waals surface area (Å²) in [6, 6.07) is 16.2. The molecular weight excluding hydrogens is 384 g/mol. The molecule has 0 bridgehead atoms. The summed E-state index contributed by atoms with van der Waals surface area (Å²) in [6.45, 7) is 0. The van der Waals surface area contributed by atoms with Crippen LogP contribution in [0.3, 0.4) is 0 Å². The molecule has 2 heterocycles. The molecule has 0 unspecified atom stereocenters. The van der Waals surface area contributed by atoms with Crippen molar-refractivity contribution < 1.29 is 14.2 Å². The summed E-state index contributed by atoms with van der Waals surface area (Å²) < 4.78 is 21.0. The Hall–Kier alpha value is -3.38. The highest BCUT2D eigenvalue weighted by atomic mass is 32.1. The van der Waals surface area contributed by atoms with Gasteiger partial charge in [0.1, 0.15) is 0 Å². The Morgan fingerprint density at radius 2 is 1.45 bits per heavy atom. The van der Waals surface area contributed by atoms with E-state index < -0.39 is 0 Å². The first kappa shape index (κ1) is 19.0. The van der Waals surface area contributed by atoms with E-state index in [1.807, 2.05) is 24.4 Å². The number of hydrogen-bond acceptors (Lipinski definition) is 6. The molecule has 2 aromatic heterocycles. The molecule has 0 fully saturated rings. The predicted molar refractivity (Wildman–Crippen MR) is 116 cm³/mol. The number of pyridine rings is 1. The molecule has 0 aliphatic rings. The van der Waals surface area contributed by atoms with Crippen molar-refractivity contribution >= 4 is 11.5 Å². The zero-order chi connectivity index (χ0) is 20.2. The smallest absolute Gasteiger partial charge is 0.203 e. The Morgan fingerprint density at radius 3 is 2.03 bits per heavy atom. The maximum Gasteiger partial charge on any atom is 0.203 e. The van der Waals surface area contributed by atoms with Crippen molar-refractivity contribution in [2.24, 2.45) is 0 Å². The molecule has 0 saturated heterocycles. The van der Waals surface area contributed by atoms with Gasteiger partial charge in [-0.15, -0.1) is 0 Å². The second kappa shape index (κ2) is 8.32. The van der Waals surface area contributed by atoms with E-state index in [0.717, 1.165) is 33.5 Å². The van der Waals surface area contributed by atoms with Gasteiger partial charge in [-0.05, 0) is 46.4 Å². The molecule has 0 atom stereocenters. The van der Waals surface area contributed by atoms with Crippen LogP contribution in [0.2, 0.25) is 0 Å². The first-order chi connectivity index (χ1) is 14.2. The zero-order valence-corrected chi connectivity index (χ0v) is 17.2. The fraction of sp³-hybridized carbons (Fsp3) is 0.130. The summed E-state index contributed by atoms with van der Waals surface area (Å²) in [5.74, 6) is 1.77. The first-order valence-electron chi connectivity index (χ1n) is 9.00. The van der Waals surface area contributed by atoms with E-state index >= 15 is 0 Å². The van der Waals surface area contributed by atoms with Crippen molar-refractivity contribution in [3.05, 3.63) is 66.3 Å². The lowest BCUT2D eigenvalue weighted by Gasteiger charge is -2.14. The van der Waals surface area contributed by atoms with E-state index in [0.29, 0.717) is 17.2 Å². The molecule has 0 amide bonds. The molecular formula is C23H20N2O3S. The van der Waals surface area contributed by atoms with Crippen LogP contribution in [0.4, 0.5) is 0 Å². The molecule has 0 aliphatic carbocycles. The monoisotopic (exact) mass is 404 g/mol. The average molecular weight is 404 g/mol. The minimum Gasteiger partial charge on any atom is -0.493 e. The third-order valence-electron chi connectivity index (χ3n) is 4.70. The third-order valence-corrected chi connectivity index (χ3v) is 5.33. The van der Waals surface area contributed by atoms with Gasteiger partial charge in [0.25, 0.3) is 0 Å². The molecule has 0 radical (unpaired) electrons. The molecule has 4 aromatic rings. The largest absolute Gasteiger partial charge is 0.493 e. The third kappa shape index (κ3) is 3.67. The highest BCUT2D eigenvalue weighted by molar-refractivity contribution is 7.04. The van der Waals surface area contributed by atoms with Gasteiger partial charge in [-0.1, -0.05) is 30.3 Å². The van der Waals surface area contributed by atoms with Crippen LogP contribution < -0.4 is 14.2 Å². The van der Waals surface area contributed by atoms with E-state index in [4.69, 9.17) is 14.2 Å². The summed E-state index contributed by atoms with van der Waals surface area (Å²) >= 11 is 1.42. The standard InChI is InChI=1S/C23H20N2O3S/c1-26-20-11-18(12-21(27-2)23(20)28-3)22-19(14-29-25-22)16-8-6-15(7-9-16)17-5-4-10-24-13-17/h4-14H,1-3H3. The second-order valence-electron chi connectivity index (χ2n) is 6.31. The van der Waals surface area contributed by atoms with Crippen LogP contribution in [-0.2, 0) is 0 Å². The molecule has 2 aromatic carbocycles. The molecule has 0 aliphatic heterocycles. The van der Waals surface area contributed by atoms with Crippen molar-refractivity contribution in [1.29, 1.82) is 0 Å². The quantitative estimate of drug-likeness (QED) is 0.421. The Balaban J connectivity index is 1.74. The zero-order valence-electron chi connectivity index (χ0n) is 16.4. The molecule has 6 heteroatoms. The van der Waals surface area contributed by atoms with Crippen molar-refractivity contribution in [3.8, 4) is 50.8 Å². The second-order valence-corrected chi connectivity index (χ2v) is 6.94. The molecule has 29 heavy (non-hydrogen) atoms. The molecule has 146 valence electrons. The summed E-state index contributed by atoms with van der Waals surface area (Å²) in [7, 11) is 4.82. The van der Waals surface area contributed by atoms with E-state index in [9.17, 15) is 0 Å². The predicted octanol–water partition coefficient (Wildman–Crippen LogP) is 5.56. The lowest BCUT2D eigenvalue weighted by molar-refractivity contribution is 0.324. The van der Waals surface area contributed by atoms with Gasteiger partial charge in [0.15, 0.2) is 11.5 Å². The van der Waals surface area contributed by atoms with Gasteiger partial charge in [-0.3, -0.25) is 4.98 Å². The molecule has 0 N–H and O–H groups in total. The normalized spacial score (nSPS) is 10.6. The van der Waals surface area contributed by atoms with Crippen molar-refractivity contribution in [2.75, 3.05) is 21.3 Å². The Kier molecular flexibility index (Phi) is 5.44. The van der Waals surface area contributed by atoms with Gasteiger partial charge in [0.2, 0.25) is 5.75 Å². The Morgan fingerprint density at radius 1 is 0.759 bits per heavy atom. The molecule has 0 spiro atoms. The number of benzene rings is 2. The lowest BCUT2D eigenvalue weighted by Crippen LogP contribution is -1.96. The van der Waals surface area contributed by atoms with Gasteiger partial charge in [0, 0.05) is 28.9 Å². The van der Waals surface area contributed by atoms with Crippen LogP contribution in [0.1, 0.15) is 0 Å². The number of methoxy groups -OCH3 is 3. The Labute approximate surface area is 173 Å². The van der Waals surface area contributed by atoms with Crippen LogP contribution in [0.5, 0.6) is 17.2 Å². The minimum atomic E-state index is 0.566. The van der Waals surface area contributed by atoms with Gasteiger partial charge >= 0.3 is 0 Å². The van der Waals surface area contributed by atoms with Crippen LogP contribution in [0.15, 0.2) is 66.3 Å². The molecule has 4 rings (SSSR count). The first-order valence-corrected chi connectivity index (χ1v) is 9.84. The number of rotatable bonds is 6. The van der Waals surface area contributed by atoms with E-state index in [-0.39, 0.29) is 0 Å². The summed E-state index contributed by atoms with van der Waals surface area (Å²) in [4.78, 5) is 4.19. The van der Waals surface area contributed by atoms with Crippen LogP contribution >= 0.6 is 11.5 Å². The summed E-state index contributed by atoms with van der Waals surface area (Å²) in [6.07, 6.45) is 3.64. The van der Waals surface area contributed by atoms with Crippen LogP contribution in [0.25, 0.3) is 33.5 Å². The number of aromatic nitrogens is 2. The molecule has 5 nitrogen and oxygen atoms in total. The fourth-order valence-electron chi connectivity index (χ4n) is 3.24. The summed E-state index contributed by atoms with van der Waals surface area (Å²) in [5.41, 5.74) is 6.15. The maximum atomic E-state index is 5.49. The van der Waals surface area contributed by atoms with Gasteiger partial charge < -0.3 is 14.2 Å². The lowest BCUT2D eigenvalue weighted by atomic mass is 9.99. The fourth-order valence-corrected chi connectivity index (χ4v) is 3.96. The minimum absolute atomic E-state index is 0.566. The summed E-state index contributed by atoms with van der Waals surface area (Å²) in [5, 5.41) is 2.05. The molecule has 0 saturated carbocycles. The van der Waals surface area contributed by atoms with E-state index in [1.165, 1.54) is 11.5 Å². The van der Waals surface area contributed by atoms with E-state index in [1.54, 1.807) is 27.5 Å². The highest BCUT2D eigenvalue weighted by Gasteiger charge is 2.18. The van der Waals surface area contributed by atoms with Crippen LogP contribution in [-0.4, -0.2) is 30.7 Å². The van der Waals surface area contributed by atoms with Crippen molar-refractivity contribution in [2.45, 2.75) is 0 Å². The van der Waals surface area contributed by atoms with Crippen molar-refractivity contribution in [1.82, 2.24) is 9.36 Å². The SMILES string of the molecule is COc1cc(-c2nscc2-c2ccc(-c3cccnc3)cc2)cc(OC)c1OC. The number of ether oxygens (including phenoxy) is 3. The Bertz CT molecular complexity index is 1080.